The fourth-order valence-corrected chi connectivity index (χ4v) is 2.71. The number of hydrogen-bond donors (Lipinski definition) is 0. The minimum Gasteiger partial charge on any atom is -0.489 e. The van der Waals surface area contributed by atoms with Crippen molar-refractivity contribution in [2.75, 3.05) is 13.2 Å². The molecule has 23 heavy (non-hydrogen) atoms. The molecule has 1 heterocycles. The van der Waals surface area contributed by atoms with Crippen LogP contribution < -0.4 is 4.74 Å². The molecule has 2 aliphatic rings. The Hall–Kier alpha value is -2.22. The van der Waals surface area contributed by atoms with Crippen LogP contribution in [0.2, 0.25) is 0 Å². The topological polar surface area (TPSA) is 18.5 Å². The fourth-order valence-electron chi connectivity index (χ4n) is 2.71. The van der Waals surface area contributed by atoms with Crippen LogP contribution in [-0.4, -0.2) is 13.2 Å². The molecule has 0 amide bonds. The van der Waals surface area contributed by atoms with Crippen LogP contribution in [0, 0.1) is 11.3 Å². The van der Waals surface area contributed by atoms with Gasteiger partial charge in [-0.2, -0.15) is 0 Å². The van der Waals surface area contributed by atoms with E-state index in [0.29, 0.717) is 19.1 Å². The number of benzene rings is 1. The molecule has 1 aromatic rings. The highest BCUT2D eigenvalue weighted by Gasteiger charge is 2.25. The Morgan fingerprint density at radius 1 is 0.957 bits per heavy atom. The Kier molecular flexibility index (Phi) is 4.42. The molecule has 3 rings (SSSR count). The van der Waals surface area contributed by atoms with Crippen molar-refractivity contribution < 1.29 is 9.47 Å². The van der Waals surface area contributed by atoms with Gasteiger partial charge in [-0.3, -0.25) is 0 Å². The number of hydrogen-bond acceptors (Lipinski definition) is 2. The predicted octanol–water partition coefficient (Wildman–Crippen LogP) is 5.15. The van der Waals surface area contributed by atoms with Gasteiger partial charge in [-0.15, -0.1) is 0 Å². The summed E-state index contributed by atoms with van der Waals surface area (Å²) in [6.07, 6.45) is 12.8. The average molecular weight is 308 g/mol. The maximum Gasteiger partial charge on any atom is 0.127 e. The standard InChI is InChI=1S/C21H24O2/c1-16(2)21(3)12-10-18-17-8-4-5-9-19(17)22-14-6-7-15-23-20(18)11-13-21/h4-13,16H,14-15H2,1-3H3/b7-6-. The van der Waals surface area contributed by atoms with Gasteiger partial charge >= 0.3 is 0 Å². The van der Waals surface area contributed by atoms with Crippen molar-refractivity contribution in [2.24, 2.45) is 11.3 Å². The zero-order valence-corrected chi connectivity index (χ0v) is 14.1. The molecule has 1 atom stereocenters. The van der Waals surface area contributed by atoms with Gasteiger partial charge in [-0.25, -0.2) is 0 Å². The van der Waals surface area contributed by atoms with Crippen molar-refractivity contribution in [1.82, 2.24) is 0 Å². The third-order valence-corrected chi connectivity index (χ3v) is 4.73. The van der Waals surface area contributed by atoms with Crippen LogP contribution in [0.3, 0.4) is 0 Å². The van der Waals surface area contributed by atoms with E-state index in [1.807, 2.05) is 30.4 Å². The summed E-state index contributed by atoms with van der Waals surface area (Å²) in [6.45, 7) is 7.86. The van der Waals surface area contributed by atoms with Gasteiger partial charge in [0, 0.05) is 16.6 Å². The van der Waals surface area contributed by atoms with E-state index in [9.17, 15) is 0 Å². The molecular weight excluding hydrogens is 284 g/mol. The van der Waals surface area contributed by atoms with Gasteiger partial charge in [0.05, 0.1) is 0 Å². The molecule has 0 saturated carbocycles. The van der Waals surface area contributed by atoms with Crippen molar-refractivity contribution in [3.8, 4) is 5.75 Å². The Morgan fingerprint density at radius 2 is 1.65 bits per heavy atom. The van der Waals surface area contributed by atoms with E-state index in [2.05, 4.69) is 51.1 Å². The second-order valence-electron chi connectivity index (χ2n) is 6.55. The molecule has 2 heteroatoms. The van der Waals surface area contributed by atoms with Crippen LogP contribution in [0.25, 0.3) is 5.57 Å². The van der Waals surface area contributed by atoms with E-state index in [4.69, 9.17) is 9.47 Å². The highest BCUT2D eigenvalue weighted by atomic mass is 16.5. The number of allylic oxidation sites excluding steroid dienone is 5. The first-order valence-electron chi connectivity index (χ1n) is 8.23. The Balaban J connectivity index is 2.12. The van der Waals surface area contributed by atoms with E-state index in [1.54, 1.807) is 0 Å². The molecule has 2 nitrogen and oxygen atoms in total. The zero-order chi connectivity index (χ0) is 16.3. The summed E-state index contributed by atoms with van der Waals surface area (Å²) in [6, 6.07) is 8.15. The number of para-hydroxylation sites is 1. The minimum absolute atomic E-state index is 0.0161. The number of ether oxygens (including phenoxy) is 2. The molecule has 0 fully saturated rings. The van der Waals surface area contributed by atoms with E-state index >= 15 is 0 Å². The van der Waals surface area contributed by atoms with Gasteiger partial charge in [0.1, 0.15) is 24.7 Å². The molecule has 120 valence electrons. The lowest BCUT2D eigenvalue weighted by Crippen LogP contribution is -2.17. The van der Waals surface area contributed by atoms with Crippen molar-refractivity contribution >= 4 is 5.57 Å². The van der Waals surface area contributed by atoms with Crippen molar-refractivity contribution in [2.45, 2.75) is 20.8 Å². The number of fused-ring (bicyclic) bond motifs is 2. The maximum absolute atomic E-state index is 6.03. The van der Waals surface area contributed by atoms with Gasteiger partial charge < -0.3 is 9.47 Å². The summed E-state index contributed by atoms with van der Waals surface area (Å²) in [5.41, 5.74) is 2.17. The maximum atomic E-state index is 6.03. The highest BCUT2D eigenvalue weighted by molar-refractivity contribution is 5.81. The Morgan fingerprint density at radius 3 is 2.43 bits per heavy atom. The second-order valence-corrected chi connectivity index (χ2v) is 6.55. The van der Waals surface area contributed by atoms with Gasteiger partial charge in [0.2, 0.25) is 0 Å². The SMILES string of the molecule is CC(C)C1(C)C=CC2=C(C=C1)c1ccccc1OC/C=C\CO2. The zero-order valence-electron chi connectivity index (χ0n) is 14.1. The fraction of sp³-hybridized carbons (Fsp3) is 0.333. The van der Waals surface area contributed by atoms with Crippen LogP contribution in [0.5, 0.6) is 5.75 Å². The summed E-state index contributed by atoms with van der Waals surface area (Å²) in [5, 5.41) is 0. The molecule has 0 N–H and O–H groups in total. The molecule has 1 unspecified atom stereocenters. The summed E-state index contributed by atoms with van der Waals surface area (Å²) in [4.78, 5) is 0. The molecule has 0 spiro atoms. The van der Waals surface area contributed by atoms with Crippen LogP contribution >= 0.6 is 0 Å². The van der Waals surface area contributed by atoms with Crippen molar-refractivity contribution in [3.63, 3.8) is 0 Å². The third kappa shape index (κ3) is 3.26. The molecule has 1 aliphatic carbocycles. The second kappa shape index (κ2) is 6.49. The molecule has 1 aromatic carbocycles. The smallest absolute Gasteiger partial charge is 0.127 e. The average Bonchev–Trinajstić information content (AvgIpc) is 2.72. The minimum atomic E-state index is 0.0161. The molecule has 0 radical (unpaired) electrons. The van der Waals surface area contributed by atoms with Gasteiger partial charge in [-0.1, -0.05) is 57.2 Å². The van der Waals surface area contributed by atoms with E-state index < -0.39 is 0 Å². The highest BCUT2D eigenvalue weighted by Crippen LogP contribution is 2.38. The normalized spacial score (nSPS) is 25.0. The van der Waals surface area contributed by atoms with Gasteiger partial charge in [0.25, 0.3) is 0 Å². The monoisotopic (exact) mass is 308 g/mol. The lowest BCUT2D eigenvalue weighted by molar-refractivity contribution is 0.260. The summed E-state index contributed by atoms with van der Waals surface area (Å²) in [5.74, 6) is 2.30. The lowest BCUT2D eigenvalue weighted by Gasteiger charge is -2.26. The molecular formula is C21H24O2. The number of rotatable bonds is 1. The third-order valence-electron chi connectivity index (χ3n) is 4.73. The Bertz CT molecular complexity index is 692. The van der Waals surface area contributed by atoms with Crippen LogP contribution in [0.1, 0.15) is 26.3 Å². The van der Waals surface area contributed by atoms with Gasteiger partial charge in [-0.05, 0) is 30.2 Å². The van der Waals surface area contributed by atoms with Crippen molar-refractivity contribution in [1.29, 1.82) is 0 Å². The van der Waals surface area contributed by atoms with Crippen LogP contribution in [0.15, 0.2) is 66.5 Å². The molecule has 1 aliphatic heterocycles. The summed E-state index contributed by atoms with van der Waals surface area (Å²) < 4.78 is 12.0. The first kappa shape index (κ1) is 15.7. The first-order valence-corrected chi connectivity index (χ1v) is 8.23. The van der Waals surface area contributed by atoms with E-state index in [-0.39, 0.29) is 5.41 Å². The van der Waals surface area contributed by atoms with Gasteiger partial charge in [0.15, 0.2) is 0 Å². The quantitative estimate of drug-likeness (QED) is 0.668. The molecule has 0 saturated heterocycles. The summed E-state index contributed by atoms with van der Waals surface area (Å²) in [7, 11) is 0. The Labute approximate surface area is 138 Å². The molecule has 0 aromatic heterocycles. The molecule has 0 bridgehead atoms. The summed E-state index contributed by atoms with van der Waals surface area (Å²) >= 11 is 0. The first-order chi connectivity index (χ1) is 11.1. The largest absolute Gasteiger partial charge is 0.489 e. The van der Waals surface area contributed by atoms with Crippen LogP contribution in [-0.2, 0) is 4.74 Å². The van der Waals surface area contributed by atoms with E-state index in [0.717, 1.165) is 22.6 Å². The van der Waals surface area contributed by atoms with Crippen molar-refractivity contribution in [3.05, 3.63) is 72.0 Å². The lowest BCUT2D eigenvalue weighted by atomic mass is 9.79. The van der Waals surface area contributed by atoms with E-state index in [1.165, 1.54) is 0 Å². The van der Waals surface area contributed by atoms with Crippen LogP contribution in [0.4, 0.5) is 0 Å². The predicted molar refractivity (Wildman–Crippen MR) is 95.2 cm³/mol.